The fourth-order valence-corrected chi connectivity index (χ4v) is 7.51. The molecule has 0 fully saturated rings. The molecule has 0 saturated heterocycles. The highest BCUT2D eigenvalue weighted by molar-refractivity contribution is 14.1. The van der Waals surface area contributed by atoms with Crippen LogP contribution in [0.4, 0.5) is 14.7 Å². The van der Waals surface area contributed by atoms with E-state index in [1.807, 2.05) is 53.2 Å². The van der Waals surface area contributed by atoms with E-state index in [4.69, 9.17) is 4.74 Å². The number of rotatable bonds is 11. The molecule has 1 amide bonds. The molecule has 0 aliphatic carbocycles. The number of alkyl halides is 1. The first-order valence-corrected chi connectivity index (χ1v) is 18.4. The number of nitrogens with zero attached hydrogens (tertiary/aromatic N) is 4. The van der Waals surface area contributed by atoms with Crippen molar-refractivity contribution in [2.75, 3.05) is 41.5 Å². The minimum absolute atomic E-state index is 0.00461. The number of nitrogens with one attached hydrogen (secondary N) is 1. The van der Waals surface area contributed by atoms with Gasteiger partial charge in [-0.1, -0.05) is 70.0 Å². The van der Waals surface area contributed by atoms with Gasteiger partial charge < -0.3 is 14.7 Å². The van der Waals surface area contributed by atoms with Gasteiger partial charge in [0.15, 0.2) is 27.5 Å². The molecule has 1 aliphatic heterocycles. The van der Waals surface area contributed by atoms with Gasteiger partial charge in [0.1, 0.15) is 0 Å². The molecule has 3 heterocycles. The second-order valence-electron chi connectivity index (χ2n) is 11.2. The van der Waals surface area contributed by atoms with Crippen LogP contribution in [0.3, 0.4) is 0 Å². The van der Waals surface area contributed by atoms with E-state index in [1.165, 1.54) is 28.7 Å². The third kappa shape index (κ3) is 7.95. The molecule has 6 rings (SSSR count). The third-order valence-electron chi connectivity index (χ3n) is 7.71. The number of ether oxygens (including phenoxy) is 1. The van der Waals surface area contributed by atoms with Crippen LogP contribution < -0.4 is 15.0 Å². The number of benzene rings is 3. The number of carbonyl (C=O) groups excluding carboxylic acids is 1. The van der Waals surface area contributed by atoms with Crippen molar-refractivity contribution in [1.29, 1.82) is 0 Å². The molecule has 3 aromatic carbocycles. The van der Waals surface area contributed by atoms with Crippen molar-refractivity contribution >= 4 is 77.6 Å². The minimum Gasteiger partial charge on any atom is -0.491 e. The molecule has 0 atom stereocenters. The number of hydrogen-bond donors (Lipinski definition) is 2. The fourth-order valence-electron chi connectivity index (χ4n) is 5.29. The minimum atomic E-state index is -1.10. The predicted octanol–water partition coefficient (Wildman–Crippen LogP) is 7.09. The van der Waals surface area contributed by atoms with Crippen LogP contribution in [0.2, 0.25) is 0 Å². The molecule has 0 saturated carbocycles. The molecule has 0 radical (unpaired) electrons. The normalized spacial score (nSPS) is 12.5. The van der Waals surface area contributed by atoms with Crippen LogP contribution in [0.1, 0.15) is 48.8 Å². The Bertz CT molecular complexity index is 2010. The number of halogens is 2. The van der Waals surface area contributed by atoms with Crippen molar-refractivity contribution in [3.63, 3.8) is 0 Å². The number of para-hydroxylation sites is 1. The summed E-state index contributed by atoms with van der Waals surface area (Å²) >= 11 is 5.00. The Labute approximate surface area is 298 Å². The Kier molecular flexibility index (Phi) is 10.9. The number of hydrogen-bond acceptors (Lipinski definition) is 9. The number of anilines is 2. The molecule has 2 aromatic heterocycles. The van der Waals surface area contributed by atoms with Crippen LogP contribution in [0, 0.1) is 17.7 Å². The van der Waals surface area contributed by atoms with Gasteiger partial charge in [-0.3, -0.25) is 15.0 Å². The Morgan fingerprint density at radius 2 is 2.00 bits per heavy atom. The van der Waals surface area contributed by atoms with Gasteiger partial charge in [-0.05, 0) is 73.8 Å². The van der Waals surface area contributed by atoms with Crippen molar-refractivity contribution in [1.82, 2.24) is 14.9 Å². The molecule has 2 N–H and O–H groups in total. The monoisotopic (exact) mass is 795 g/mol. The number of thiazole rings is 2. The zero-order valence-corrected chi connectivity index (χ0v) is 29.8. The number of fused-ring (bicyclic) bond motifs is 2. The summed E-state index contributed by atoms with van der Waals surface area (Å²) < 4.78 is 22.2. The van der Waals surface area contributed by atoms with Crippen LogP contribution in [0.15, 0.2) is 60.7 Å². The Morgan fingerprint density at radius 1 is 1.15 bits per heavy atom. The first-order valence-electron chi connectivity index (χ1n) is 15.2. The molecule has 0 bridgehead atoms. The van der Waals surface area contributed by atoms with Crippen LogP contribution >= 0.6 is 45.3 Å². The van der Waals surface area contributed by atoms with Crippen LogP contribution in [0.25, 0.3) is 10.2 Å². The number of carboxylic acids is 1. The summed E-state index contributed by atoms with van der Waals surface area (Å²) in [5.41, 5.74) is 3.93. The van der Waals surface area contributed by atoms with E-state index >= 15 is 0 Å². The van der Waals surface area contributed by atoms with E-state index < -0.39 is 11.8 Å². The number of aromatic nitrogens is 2. The Hall–Kier alpha value is -4.10. The number of aryl methyl sites for hydroxylation is 1. The zero-order valence-electron chi connectivity index (χ0n) is 26.0. The molecule has 48 heavy (non-hydrogen) atoms. The first-order chi connectivity index (χ1) is 23.3. The Balaban J connectivity index is 1.09. The molecular formula is C35H31FIN5O4S2. The highest BCUT2D eigenvalue weighted by atomic mass is 127. The highest BCUT2D eigenvalue weighted by Crippen LogP contribution is 2.33. The third-order valence-corrected chi connectivity index (χ3v) is 11.0. The fraction of sp³-hybridized carbons (Fsp3) is 0.257. The van der Waals surface area contributed by atoms with Gasteiger partial charge in [0.25, 0.3) is 5.91 Å². The van der Waals surface area contributed by atoms with Crippen molar-refractivity contribution in [2.45, 2.75) is 25.8 Å². The van der Waals surface area contributed by atoms with Crippen LogP contribution in [-0.2, 0) is 19.4 Å². The van der Waals surface area contributed by atoms with E-state index in [2.05, 4.69) is 49.7 Å². The van der Waals surface area contributed by atoms with E-state index in [0.717, 1.165) is 25.9 Å². The highest BCUT2D eigenvalue weighted by Gasteiger charge is 2.26. The van der Waals surface area contributed by atoms with Crippen LogP contribution in [0.5, 0.6) is 5.75 Å². The smallest absolute Gasteiger partial charge is 0.355 e. The topological polar surface area (TPSA) is 108 Å². The number of carboxylic acid groups (broad SMARTS) is 1. The summed E-state index contributed by atoms with van der Waals surface area (Å²) in [4.78, 5) is 39.3. The van der Waals surface area contributed by atoms with Gasteiger partial charge >= 0.3 is 5.97 Å². The number of amides is 1. The lowest BCUT2D eigenvalue weighted by Gasteiger charge is -2.29. The van der Waals surface area contributed by atoms with E-state index in [-0.39, 0.29) is 24.0 Å². The second kappa shape index (κ2) is 15.4. The van der Waals surface area contributed by atoms with Gasteiger partial charge in [-0.15, -0.1) is 11.3 Å². The van der Waals surface area contributed by atoms with Crippen LogP contribution in [-0.4, -0.2) is 63.1 Å². The maximum atomic E-state index is 14.6. The van der Waals surface area contributed by atoms with E-state index in [1.54, 1.807) is 18.2 Å². The first kappa shape index (κ1) is 33.8. The lowest BCUT2D eigenvalue weighted by Crippen LogP contribution is -2.32. The summed E-state index contributed by atoms with van der Waals surface area (Å²) in [6.45, 7) is 1.86. The summed E-state index contributed by atoms with van der Waals surface area (Å²) in [5, 5.41) is 14.0. The summed E-state index contributed by atoms with van der Waals surface area (Å²) in [5.74, 6) is 4.28. The standard InChI is InChI=1S/C35H31FIN5O4S2/c1-41(21-37)16-5-7-22-13-14-28(26(36)19-22)46-18-6-12-30-31(33(44)45)39-35(48-30)42-17-15-23-8-4-9-24(25(23)20-42)32(43)40-34-38-27-10-2-3-11-29(27)47-34/h2-4,8-11,13-14,19H,6,12,15-18,20-21H2,1H3,(H,44,45)(H,38,40,43). The van der Waals surface area contributed by atoms with Gasteiger partial charge in [0.2, 0.25) is 0 Å². The maximum Gasteiger partial charge on any atom is 0.355 e. The SMILES string of the molecule is CN(CI)CC#Cc1ccc(OCCCc2sc(N3CCc4cccc(C(=O)Nc5nc6ccccc6s5)c4C3)nc2C(=O)O)c(F)c1. The lowest BCUT2D eigenvalue weighted by atomic mass is 9.94. The average molecular weight is 796 g/mol. The van der Waals surface area contributed by atoms with Crippen molar-refractivity contribution in [3.8, 4) is 17.6 Å². The van der Waals surface area contributed by atoms with Gasteiger partial charge in [-0.25, -0.2) is 19.2 Å². The molecule has 1 aliphatic rings. The molecular weight excluding hydrogens is 764 g/mol. The van der Waals surface area contributed by atoms with E-state index in [9.17, 15) is 19.1 Å². The van der Waals surface area contributed by atoms with Crippen molar-refractivity contribution in [2.24, 2.45) is 0 Å². The molecule has 246 valence electrons. The molecule has 13 heteroatoms. The van der Waals surface area contributed by atoms with Gasteiger partial charge in [0, 0.05) is 29.1 Å². The van der Waals surface area contributed by atoms with Gasteiger partial charge in [-0.2, -0.15) is 0 Å². The summed E-state index contributed by atoms with van der Waals surface area (Å²) in [6, 6.07) is 18.1. The Morgan fingerprint density at radius 3 is 2.79 bits per heavy atom. The van der Waals surface area contributed by atoms with Crippen molar-refractivity contribution < 1.29 is 23.8 Å². The molecule has 0 unspecified atom stereocenters. The second-order valence-corrected chi connectivity index (χ2v) is 13.9. The quantitative estimate of drug-likeness (QED) is 0.0480. The molecule has 9 nitrogen and oxygen atoms in total. The predicted molar refractivity (Wildman–Crippen MR) is 196 cm³/mol. The average Bonchev–Trinajstić information content (AvgIpc) is 3.71. The molecule has 5 aromatic rings. The number of carbonyl (C=O) groups is 2. The zero-order chi connectivity index (χ0) is 33.6. The summed E-state index contributed by atoms with van der Waals surface area (Å²) in [7, 11) is 1.96. The van der Waals surface area contributed by atoms with Gasteiger partial charge in [0.05, 0.1) is 27.9 Å². The maximum absolute atomic E-state index is 14.6. The summed E-state index contributed by atoms with van der Waals surface area (Å²) in [6.07, 6.45) is 1.58. The van der Waals surface area contributed by atoms with Crippen molar-refractivity contribution in [3.05, 3.63) is 99.3 Å². The largest absolute Gasteiger partial charge is 0.491 e. The van der Waals surface area contributed by atoms with E-state index in [0.29, 0.717) is 65.2 Å². The number of aromatic carboxylic acids is 1. The lowest BCUT2D eigenvalue weighted by molar-refractivity contribution is 0.0690. The molecule has 0 spiro atoms.